The molecule has 2 aromatic rings. The van der Waals surface area contributed by atoms with Gasteiger partial charge in [-0.1, -0.05) is 64.0 Å². The molecule has 2 amide bonds. The highest BCUT2D eigenvalue weighted by atomic mass is 79.9. The number of anilines is 1. The number of fused-ring (bicyclic) bond motifs is 5. The van der Waals surface area contributed by atoms with E-state index < -0.39 is 0 Å². The van der Waals surface area contributed by atoms with Crippen LogP contribution in [0.15, 0.2) is 76.8 Å². The van der Waals surface area contributed by atoms with Crippen LogP contribution in [0, 0.1) is 23.7 Å². The summed E-state index contributed by atoms with van der Waals surface area (Å²) < 4.78 is 0.927. The molecule has 4 heteroatoms. The number of hydrogen-bond donors (Lipinski definition) is 0. The van der Waals surface area contributed by atoms with E-state index in [1.807, 2.05) is 42.5 Å². The number of rotatable bonds is 2. The van der Waals surface area contributed by atoms with Crippen molar-refractivity contribution in [3.63, 3.8) is 0 Å². The van der Waals surface area contributed by atoms with E-state index in [-0.39, 0.29) is 35.5 Å². The van der Waals surface area contributed by atoms with Gasteiger partial charge in [-0.2, -0.15) is 0 Å². The van der Waals surface area contributed by atoms with Gasteiger partial charge in [0, 0.05) is 16.3 Å². The summed E-state index contributed by atoms with van der Waals surface area (Å²) in [5, 5.41) is 0. The van der Waals surface area contributed by atoms with Gasteiger partial charge in [0.05, 0.1) is 17.5 Å². The van der Waals surface area contributed by atoms with Gasteiger partial charge in [0.1, 0.15) is 0 Å². The van der Waals surface area contributed by atoms with Crippen LogP contribution in [-0.4, -0.2) is 11.8 Å². The molecule has 2 bridgehead atoms. The number of halogens is 1. The van der Waals surface area contributed by atoms with Crippen molar-refractivity contribution in [2.75, 3.05) is 4.90 Å². The summed E-state index contributed by atoms with van der Waals surface area (Å²) in [6, 6.07) is 17.6. The molecule has 3 aliphatic rings. The topological polar surface area (TPSA) is 37.4 Å². The monoisotopic (exact) mass is 419 g/mol. The number of allylic oxidation sites excluding steroid dienone is 4. The third kappa shape index (κ3) is 2.32. The standard InChI is InChI=1S/C23H18BrNO2/c1-13(14-5-3-2-4-6-14)19-17-11-12-18(19)21-20(17)22(26)25(23(21)27)16-9-7-15(24)8-10-16/h2-12,17-18,20-21H,1H3/t17-,18-,20-,21+/m1/s1. The van der Waals surface area contributed by atoms with Crippen LogP contribution in [0.1, 0.15) is 12.5 Å². The fourth-order valence-corrected chi connectivity index (χ4v) is 5.23. The van der Waals surface area contributed by atoms with Crippen LogP contribution in [-0.2, 0) is 9.59 Å². The maximum Gasteiger partial charge on any atom is 0.238 e. The Labute approximate surface area is 166 Å². The Morgan fingerprint density at radius 1 is 0.852 bits per heavy atom. The van der Waals surface area contributed by atoms with Crippen molar-refractivity contribution in [1.29, 1.82) is 0 Å². The Morgan fingerprint density at radius 2 is 1.41 bits per heavy atom. The van der Waals surface area contributed by atoms with Gasteiger partial charge in [0.15, 0.2) is 0 Å². The minimum absolute atomic E-state index is 0.0251. The summed E-state index contributed by atoms with van der Waals surface area (Å²) in [5.74, 6) is -0.631. The minimum atomic E-state index is -0.273. The molecule has 2 aliphatic carbocycles. The summed E-state index contributed by atoms with van der Waals surface area (Å²) in [6.07, 6.45) is 4.26. The summed E-state index contributed by atoms with van der Waals surface area (Å²) in [4.78, 5) is 27.8. The van der Waals surface area contributed by atoms with Crippen LogP contribution >= 0.6 is 15.9 Å². The maximum atomic E-state index is 13.2. The maximum absolute atomic E-state index is 13.2. The lowest BCUT2D eigenvalue weighted by atomic mass is 9.85. The number of imide groups is 1. The van der Waals surface area contributed by atoms with E-state index in [1.165, 1.54) is 16.0 Å². The summed E-state index contributed by atoms with van der Waals surface area (Å²) in [7, 11) is 0. The van der Waals surface area contributed by atoms with Crippen molar-refractivity contribution in [1.82, 2.24) is 0 Å². The number of amides is 2. The summed E-state index contributed by atoms with van der Waals surface area (Å²) >= 11 is 3.40. The lowest BCUT2D eigenvalue weighted by Gasteiger charge is -2.20. The van der Waals surface area contributed by atoms with Crippen LogP contribution in [0.3, 0.4) is 0 Å². The van der Waals surface area contributed by atoms with Gasteiger partial charge in [-0.25, -0.2) is 4.90 Å². The Kier molecular flexibility index (Phi) is 3.73. The summed E-state index contributed by atoms with van der Waals surface area (Å²) in [5.41, 5.74) is 4.26. The lowest BCUT2D eigenvalue weighted by Crippen LogP contribution is -2.33. The van der Waals surface area contributed by atoms with Gasteiger partial charge in [-0.15, -0.1) is 0 Å². The van der Waals surface area contributed by atoms with Crippen LogP contribution < -0.4 is 4.90 Å². The molecule has 1 aliphatic heterocycles. The second kappa shape index (κ2) is 6.03. The highest BCUT2D eigenvalue weighted by Gasteiger charge is 2.62. The molecule has 0 N–H and O–H groups in total. The molecule has 1 heterocycles. The predicted molar refractivity (Wildman–Crippen MR) is 109 cm³/mol. The Bertz CT molecular complexity index is 972. The van der Waals surface area contributed by atoms with Crippen molar-refractivity contribution < 1.29 is 9.59 Å². The quantitative estimate of drug-likeness (QED) is 0.515. The molecule has 4 atom stereocenters. The molecular formula is C23H18BrNO2. The molecule has 5 rings (SSSR count). The molecule has 0 unspecified atom stereocenters. The Hall–Kier alpha value is -2.46. The van der Waals surface area contributed by atoms with Crippen LogP contribution in [0.5, 0.6) is 0 Å². The number of nitrogens with zero attached hydrogens (tertiary/aromatic N) is 1. The predicted octanol–water partition coefficient (Wildman–Crippen LogP) is 4.84. The molecule has 134 valence electrons. The average molecular weight is 420 g/mol. The van der Waals surface area contributed by atoms with E-state index in [4.69, 9.17) is 0 Å². The first-order valence-corrected chi connectivity index (χ1v) is 9.95. The second-order valence-corrected chi connectivity index (χ2v) is 8.34. The van der Waals surface area contributed by atoms with Crippen molar-refractivity contribution in [3.8, 4) is 0 Å². The molecule has 27 heavy (non-hydrogen) atoms. The molecule has 0 radical (unpaired) electrons. The molecule has 3 nitrogen and oxygen atoms in total. The molecule has 1 saturated heterocycles. The van der Waals surface area contributed by atoms with E-state index in [2.05, 4.69) is 47.1 Å². The largest absolute Gasteiger partial charge is 0.274 e. The van der Waals surface area contributed by atoms with E-state index in [1.54, 1.807) is 0 Å². The van der Waals surface area contributed by atoms with Crippen molar-refractivity contribution in [3.05, 3.63) is 82.4 Å². The van der Waals surface area contributed by atoms with E-state index >= 15 is 0 Å². The highest BCUT2D eigenvalue weighted by molar-refractivity contribution is 9.10. The average Bonchev–Trinajstić information content (AvgIpc) is 3.33. The zero-order valence-corrected chi connectivity index (χ0v) is 16.4. The Balaban J connectivity index is 1.55. The van der Waals surface area contributed by atoms with Crippen molar-refractivity contribution in [2.24, 2.45) is 23.7 Å². The first kappa shape index (κ1) is 16.7. The van der Waals surface area contributed by atoms with Crippen LogP contribution in [0.4, 0.5) is 5.69 Å². The molecule has 0 aromatic heterocycles. The number of carbonyl (C=O) groups is 2. The molecule has 0 spiro atoms. The van der Waals surface area contributed by atoms with Crippen molar-refractivity contribution >= 4 is 39.0 Å². The van der Waals surface area contributed by atoms with Crippen LogP contribution in [0.2, 0.25) is 0 Å². The first-order valence-electron chi connectivity index (χ1n) is 9.15. The SMILES string of the molecule is CC(=C1[C@H]2C=C[C@H]1[C@H]1C(=O)N(c3ccc(Br)cc3)C(=O)[C@H]12)c1ccccc1. The van der Waals surface area contributed by atoms with Gasteiger partial charge >= 0.3 is 0 Å². The fraction of sp³-hybridized carbons (Fsp3) is 0.217. The lowest BCUT2D eigenvalue weighted by molar-refractivity contribution is -0.122. The summed E-state index contributed by atoms with van der Waals surface area (Å²) in [6.45, 7) is 2.11. The minimum Gasteiger partial charge on any atom is -0.274 e. The molecule has 1 saturated carbocycles. The first-order chi connectivity index (χ1) is 13.1. The molecular weight excluding hydrogens is 402 g/mol. The highest BCUT2D eigenvalue weighted by Crippen LogP contribution is 2.58. The van der Waals surface area contributed by atoms with Gasteiger partial charge in [0.25, 0.3) is 0 Å². The zero-order chi connectivity index (χ0) is 18.7. The zero-order valence-electron chi connectivity index (χ0n) is 14.8. The fourth-order valence-electron chi connectivity index (χ4n) is 4.96. The normalized spacial score (nSPS) is 30.2. The Morgan fingerprint density at radius 3 is 1.96 bits per heavy atom. The number of hydrogen-bond acceptors (Lipinski definition) is 2. The van der Waals surface area contributed by atoms with E-state index in [9.17, 15) is 9.59 Å². The number of benzene rings is 2. The van der Waals surface area contributed by atoms with Crippen LogP contribution in [0.25, 0.3) is 5.57 Å². The van der Waals surface area contributed by atoms with Crippen molar-refractivity contribution in [2.45, 2.75) is 6.92 Å². The van der Waals surface area contributed by atoms with E-state index in [0.717, 1.165) is 10.0 Å². The second-order valence-electron chi connectivity index (χ2n) is 7.42. The molecule has 2 fully saturated rings. The van der Waals surface area contributed by atoms with Gasteiger partial charge in [-0.05, 0) is 42.3 Å². The number of carbonyl (C=O) groups excluding carboxylic acids is 2. The smallest absolute Gasteiger partial charge is 0.238 e. The van der Waals surface area contributed by atoms with E-state index in [0.29, 0.717) is 5.69 Å². The molecule has 2 aromatic carbocycles. The van der Waals surface area contributed by atoms with Gasteiger partial charge in [0.2, 0.25) is 11.8 Å². The van der Waals surface area contributed by atoms with Gasteiger partial charge < -0.3 is 0 Å². The third-order valence-corrected chi connectivity index (χ3v) is 6.67. The van der Waals surface area contributed by atoms with Gasteiger partial charge in [-0.3, -0.25) is 9.59 Å². The third-order valence-electron chi connectivity index (χ3n) is 6.14.